The number of nitro benzene ring substituents is 1. The van der Waals surface area contributed by atoms with Crippen LogP contribution < -0.4 is 9.47 Å². The Morgan fingerprint density at radius 3 is 2.69 bits per heavy atom. The summed E-state index contributed by atoms with van der Waals surface area (Å²) in [5, 5.41) is 10.8. The highest BCUT2D eigenvalue weighted by Gasteiger charge is 2.10. The van der Waals surface area contributed by atoms with Crippen LogP contribution in [0.3, 0.4) is 0 Å². The Balaban J connectivity index is 2.13. The van der Waals surface area contributed by atoms with E-state index in [-0.39, 0.29) is 17.0 Å². The number of hydrogen-bond acceptors (Lipinski definition) is 5. The van der Waals surface area contributed by atoms with Crippen molar-refractivity contribution in [1.29, 1.82) is 0 Å². The molecule has 0 aliphatic heterocycles. The fraction of sp³-hybridized carbons (Fsp3) is 0.250. The van der Waals surface area contributed by atoms with E-state index in [9.17, 15) is 14.9 Å². The van der Waals surface area contributed by atoms with E-state index in [1.807, 2.05) is 6.07 Å². The molecule has 0 fully saturated rings. The van der Waals surface area contributed by atoms with Gasteiger partial charge in [-0.2, -0.15) is 0 Å². The number of carbonyl (C=O) groups is 1. The molecule has 0 spiro atoms. The van der Waals surface area contributed by atoms with Crippen molar-refractivity contribution in [3.8, 4) is 11.5 Å². The molecular weight excluding hydrogens is 334 g/mol. The van der Waals surface area contributed by atoms with E-state index in [2.05, 4.69) is 6.92 Å². The highest BCUT2D eigenvalue weighted by Crippen LogP contribution is 2.29. The average molecular weight is 355 g/mol. The summed E-state index contributed by atoms with van der Waals surface area (Å²) in [5.74, 6) is 0.935. The van der Waals surface area contributed by atoms with Crippen LogP contribution in [0.5, 0.6) is 11.5 Å². The maximum Gasteiger partial charge on any atom is 0.270 e. The van der Waals surface area contributed by atoms with Gasteiger partial charge in [0.05, 0.1) is 18.6 Å². The lowest BCUT2D eigenvalue weighted by Crippen LogP contribution is -1.99. The number of nitro groups is 1. The minimum atomic E-state index is -0.525. The summed E-state index contributed by atoms with van der Waals surface area (Å²) in [4.78, 5) is 22.5. The number of nitrogens with zero attached hydrogens (tertiary/aromatic N) is 1. The fourth-order valence-electron chi connectivity index (χ4n) is 2.27. The van der Waals surface area contributed by atoms with Crippen LogP contribution in [0.25, 0.3) is 6.08 Å². The third-order valence-corrected chi connectivity index (χ3v) is 3.71. The third-order valence-electron chi connectivity index (χ3n) is 3.71. The van der Waals surface area contributed by atoms with Crippen molar-refractivity contribution in [2.24, 2.45) is 0 Å². The Labute approximate surface area is 152 Å². The largest absolute Gasteiger partial charge is 0.493 e. The number of rotatable bonds is 9. The second-order valence-electron chi connectivity index (χ2n) is 5.62. The minimum absolute atomic E-state index is 0.112. The van der Waals surface area contributed by atoms with E-state index >= 15 is 0 Å². The van der Waals surface area contributed by atoms with Gasteiger partial charge in [0.15, 0.2) is 17.3 Å². The number of ketones is 1. The van der Waals surface area contributed by atoms with Gasteiger partial charge in [0.1, 0.15) is 0 Å². The van der Waals surface area contributed by atoms with Crippen molar-refractivity contribution in [3.05, 3.63) is 69.8 Å². The highest BCUT2D eigenvalue weighted by atomic mass is 16.6. The Hall–Kier alpha value is -3.15. The molecule has 0 radical (unpaired) electrons. The molecule has 6 heteroatoms. The van der Waals surface area contributed by atoms with Crippen LogP contribution >= 0.6 is 0 Å². The first-order valence-corrected chi connectivity index (χ1v) is 8.33. The molecule has 0 amide bonds. The van der Waals surface area contributed by atoms with Crippen LogP contribution in [0.2, 0.25) is 0 Å². The van der Waals surface area contributed by atoms with E-state index in [1.165, 1.54) is 24.3 Å². The van der Waals surface area contributed by atoms with E-state index in [4.69, 9.17) is 9.47 Å². The number of ether oxygens (including phenoxy) is 2. The van der Waals surface area contributed by atoms with E-state index < -0.39 is 4.92 Å². The number of benzene rings is 2. The predicted octanol–water partition coefficient (Wildman–Crippen LogP) is 4.68. The molecule has 0 aromatic heterocycles. The van der Waals surface area contributed by atoms with Gasteiger partial charge in [-0.15, -0.1) is 0 Å². The maximum absolute atomic E-state index is 12.2. The molecule has 0 saturated heterocycles. The summed E-state index contributed by atoms with van der Waals surface area (Å²) < 4.78 is 11.0. The van der Waals surface area contributed by atoms with E-state index in [1.54, 1.807) is 31.4 Å². The van der Waals surface area contributed by atoms with E-state index in [0.29, 0.717) is 18.1 Å². The van der Waals surface area contributed by atoms with Gasteiger partial charge < -0.3 is 9.47 Å². The Morgan fingerprint density at radius 1 is 1.19 bits per heavy atom. The molecule has 2 aromatic rings. The second-order valence-corrected chi connectivity index (χ2v) is 5.62. The van der Waals surface area contributed by atoms with Crippen molar-refractivity contribution in [2.75, 3.05) is 13.7 Å². The smallest absolute Gasteiger partial charge is 0.270 e. The second kappa shape index (κ2) is 9.36. The molecule has 0 atom stereocenters. The normalized spacial score (nSPS) is 10.7. The highest BCUT2D eigenvalue weighted by molar-refractivity contribution is 6.07. The van der Waals surface area contributed by atoms with Gasteiger partial charge in [-0.25, -0.2) is 0 Å². The Morgan fingerprint density at radius 2 is 2.00 bits per heavy atom. The zero-order chi connectivity index (χ0) is 18.9. The summed E-state index contributed by atoms with van der Waals surface area (Å²) in [6.45, 7) is 2.71. The number of carbonyl (C=O) groups excluding carboxylic acids is 1. The molecule has 0 saturated carbocycles. The van der Waals surface area contributed by atoms with Gasteiger partial charge in [-0.3, -0.25) is 14.9 Å². The summed E-state index contributed by atoms with van der Waals surface area (Å²) in [6.07, 6.45) is 5.02. The molecule has 0 heterocycles. The summed E-state index contributed by atoms with van der Waals surface area (Å²) in [5.41, 5.74) is 0.921. The Kier molecular flexibility index (Phi) is 6.91. The van der Waals surface area contributed by atoms with Crippen molar-refractivity contribution >= 4 is 17.5 Å². The monoisotopic (exact) mass is 355 g/mol. The first-order valence-electron chi connectivity index (χ1n) is 8.33. The van der Waals surface area contributed by atoms with Crippen LogP contribution in [0, 0.1) is 10.1 Å². The molecule has 2 aromatic carbocycles. The van der Waals surface area contributed by atoms with Crippen molar-refractivity contribution in [1.82, 2.24) is 0 Å². The van der Waals surface area contributed by atoms with E-state index in [0.717, 1.165) is 18.4 Å². The lowest BCUT2D eigenvalue weighted by Gasteiger charge is -2.10. The molecule has 0 aliphatic rings. The van der Waals surface area contributed by atoms with Crippen LogP contribution in [0.4, 0.5) is 5.69 Å². The molecule has 6 nitrogen and oxygen atoms in total. The van der Waals surface area contributed by atoms with Crippen LogP contribution in [-0.2, 0) is 0 Å². The first-order chi connectivity index (χ1) is 12.5. The van der Waals surface area contributed by atoms with Gasteiger partial charge in [0, 0.05) is 17.7 Å². The lowest BCUT2D eigenvalue weighted by atomic mass is 10.1. The molecule has 0 bridgehead atoms. The van der Waals surface area contributed by atoms with Gasteiger partial charge >= 0.3 is 0 Å². The molecule has 0 N–H and O–H groups in total. The Bertz CT molecular complexity index is 814. The van der Waals surface area contributed by atoms with Gasteiger partial charge in [0.25, 0.3) is 5.69 Å². The molecule has 2 rings (SSSR count). The van der Waals surface area contributed by atoms with Crippen LogP contribution in [0.15, 0.2) is 48.5 Å². The first kappa shape index (κ1) is 19.2. The van der Waals surface area contributed by atoms with Crippen LogP contribution in [-0.4, -0.2) is 24.4 Å². The zero-order valence-corrected chi connectivity index (χ0v) is 14.8. The molecule has 0 unspecified atom stereocenters. The van der Waals surface area contributed by atoms with Crippen molar-refractivity contribution in [2.45, 2.75) is 19.8 Å². The van der Waals surface area contributed by atoms with Crippen LogP contribution in [0.1, 0.15) is 35.7 Å². The number of methoxy groups -OCH3 is 1. The minimum Gasteiger partial charge on any atom is -0.493 e. The van der Waals surface area contributed by atoms with Gasteiger partial charge in [0.2, 0.25) is 0 Å². The summed E-state index contributed by atoms with van der Waals surface area (Å²) >= 11 is 0. The van der Waals surface area contributed by atoms with Crippen molar-refractivity contribution < 1.29 is 19.2 Å². The zero-order valence-electron chi connectivity index (χ0n) is 14.8. The van der Waals surface area contributed by atoms with Gasteiger partial charge in [-0.1, -0.05) is 37.6 Å². The SMILES string of the molecule is CCCCOc1ccc(/C=C/C(=O)c2cccc([N+](=O)[O-])c2)cc1OC. The lowest BCUT2D eigenvalue weighted by molar-refractivity contribution is -0.384. The number of non-ortho nitro benzene ring substituents is 1. The molecule has 0 aliphatic carbocycles. The fourth-order valence-corrected chi connectivity index (χ4v) is 2.27. The maximum atomic E-state index is 12.2. The molecule has 136 valence electrons. The average Bonchev–Trinajstić information content (AvgIpc) is 2.66. The standard InChI is InChI=1S/C20H21NO5/c1-3-4-12-26-19-11-9-15(13-20(19)25-2)8-10-18(22)16-6-5-7-17(14-16)21(23)24/h5-11,13-14H,3-4,12H2,1-2H3/b10-8+. The number of allylic oxidation sites excluding steroid dienone is 1. The molecular formula is C20H21NO5. The summed E-state index contributed by atoms with van der Waals surface area (Å²) in [6, 6.07) is 11.0. The summed E-state index contributed by atoms with van der Waals surface area (Å²) in [7, 11) is 1.56. The molecule has 26 heavy (non-hydrogen) atoms. The van der Waals surface area contributed by atoms with Gasteiger partial charge in [-0.05, 0) is 30.2 Å². The number of hydrogen-bond donors (Lipinski definition) is 0. The quantitative estimate of drug-likeness (QED) is 0.215. The van der Waals surface area contributed by atoms with Crippen molar-refractivity contribution in [3.63, 3.8) is 0 Å². The number of unbranched alkanes of at least 4 members (excludes halogenated alkanes) is 1. The third kappa shape index (κ3) is 5.17. The topological polar surface area (TPSA) is 78.7 Å². The predicted molar refractivity (Wildman–Crippen MR) is 99.9 cm³/mol.